The fourth-order valence-electron chi connectivity index (χ4n) is 2.79. The van der Waals surface area contributed by atoms with Crippen LogP contribution in [0.3, 0.4) is 0 Å². The minimum Gasteiger partial charge on any atom is -0.333 e. The molecule has 4 aromatic rings. The lowest BCUT2D eigenvalue weighted by Gasteiger charge is -2.08. The maximum absolute atomic E-state index is 12.4. The van der Waals surface area contributed by atoms with Crippen LogP contribution in [0.1, 0.15) is 10.4 Å². The lowest BCUT2D eigenvalue weighted by atomic mass is 10.2. The summed E-state index contributed by atoms with van der Waals surface area (Å²) in [5.41, 5.74) is 3.56. The predicted molar refractivity (Wildman–Crippen MR) is 116 cm³/mol. The summed E-state index contributed by atoms with van der Waals surface area (Å²) in [5, 5.41) is 6.35. The van der Waals surface area contributed by atoms with Gasteiger partial charge in [-0.1, -0.05) is 48.2 Å². The third-order valence-corrected chi connectivity index (χ3v) is 5.02. The van der Waals surface area contributed by atoms with Crippen LogP contribution in [-0.2, 0) is 4.79 Å². The molecule has 29 heavy (non-hydrogen) atoms. The first-order valence-electron chi connectivity index (χ1n) is 9.01. The number of rotatable bonds is 6. The quantitative estimate of drug-likeness (QED) is 0.413. The smallest absolute Gasteiger partial charge is 0.255 e. The highest BCUT2D eigenvalue weighted by atomic mass is 32.2. The number of benzene rings is 3. The first-order chi connectivity index (χ1) is 14.2. The number of hydrogen-bond acceptors (Lipinski definition) is 4. The average Bonchev–Trinajstić information content (AvgIpc) is 3.16. The Kier molecular flexibility index (Phi) is 5.58. The second kappa shape index (κ2) is 8.62. The standard InChI is InChI=1S/C22H18N4O2S/c27-20(14-29-22-25-18-11-4-5-12-19(18)26-22)23-17-10-6-7-15(13-17)21(28)24-16-8-2-1-3-9-16/h1-13H,14H2,(H,23,27)(H,24,28)(H,25,26). The van der Waals surface area contributed by atoms with Crippen molar-refractivity contribution in [3.63, 3.8) is 0 Å². The maximum atomic E-state index is 12.4. The van der Waals surface area contributed by atoms with Crippen molar-refractivity contribution in [3.8, 4) is 0 Å². The van der Waals surface area contributed by atoms with Crippen molar-refractivity contribution >= 4 is 46.0 Å². The maximum Gasteiger partial charge on any atom is 0.255 e. The summed E-state index contributed by atoms with van der Waals surface area (Å²) in [6, 6.07) is 23.8. The molecule has 3 aromatic carbocycles. The molecule has 0 atom stereocenters. The van der Waals surface area contributed by atoms with Gasteiger partial charge in [-0.05, 0) is 42.5 Å². The molecule has 6 nitrogen and oxygen atoms in total. The lowest BCUT2D eigenvalue weighted by molar-refractivity contribution is -0.113. The molecule has 0 saturated carbocycles. The summed E-state index contributed by atoms with van der Waals surface area (Å²) in [5.74, 6) is -0.194. The van der Waals surface area contributed by atoms with Crippen molar-refractivity contribution < 1.29 is 9.59 Å². The van der Waals surface area contributed by atoms with Crippen LogP contribution in [0.15, 0.2) is 84.0 Å². The SMILES string of the molecule is O=C(CSc1nc2ccccc2[nH]1)Nc1cccc(C(=O)Nc2ccccc2)c1. The minimum absolute atomic E-state index is 0.170. The Bertz CT molecular complexity index is 1120. The van der Waals surface area contributed by atoms with Gasteiger partial charge in [0, 0.05) is 16.9 Å². The number of thioether (sulfide) groups is 1. The number of amides is 2. The third kappa shape index (κ3) is 4.83. The van der Waals surface area contributed by atoms with Gasteiger partial charge in [-0.2, -0.15) is 0 Å². The van der Waals surface area contributed by atoms with Crippen molar-refractivity contribution in [1.29, 1.82) is 0 Å². The Morgan fingerprint density at radius 2 is 1.62 bits per heavy atom. The van der Waals surface area contributed by atoms with Crippen molar-refractivity contribution in [2.24, 2.45) is 0 Å². The molecule has 0 aliphatic rings. The van der Waals surface area contributed by atoms with Gasteiger partial charge in [0.05, 0.1) is 16.8 Å². The molecule has 0 aliphatic carbocycles. The van der Waals surface area contributed by atoms with Crippen LogP contribution in [0.4, 0.5) is 11.4 Å². The summed E-state index contributed by atoms with van der Waals surface area (Å²) in [7, 11) is 0. The van der Waals surface area contributed by atoms with Gasteiger partial charge >= 0.3 is 0 Å². The number of hydrogen-bond donors (Lipinski definition) is 3. The number of carbonyl (C=O) groups excluding carboxylic acids is 2. The van der Waals surface area contributed by atoms with Crippen LogP contribution in [0.2, 0.25) is 0 Å². The van der Waals surface area contributed by atoms with Gasteiger partial charge in [0.15, 0.2) is 5.16 Å². The Labute approximate surface area is 171 Å². The number of fused-ring (bicyclic) bond motifs is 1. The first-order valence-corrected chi connectivity index (χ1v) is 10.00. The number of nitrogens with one attached hydrogen (secondary N) is 3. The molecule has 0 unspecified atom stereocenters. The Balaban J connectivity index is 1.35. The lowest BCUT2D eigenvalue weighted by Crippen LogP contribution is -2.16. The molecule has 1 heterocycles. The molecule has 0 radical (unpaired) electrons. The number of H-pyrrole nitrogens is 1. The molecule has 0 bridgehead atoms. The molecule has 4 rings (SSSR count). The van der Waals surface area contributed by atoms with Gasteiger partial charge in [0.2, 0.25) is 5.91 Å². The van der Waals surface area contributed by atoms with Crippen LogP contribution in [0, 0.1) is 0 Å². The largest absolute Gasteiger partial charge is 0.333 e. The van der Waals surface area contributed by atoms with E-state index in [9.17, 15) is 9.59 Å². The van der Waals surface area contributed by atoms with Gasteiger partial charge in [-0.3, -0.25) is 9.59 Å². The highest BCUT2D eigenvalue weighted by molar-refractivity contribution is 7.99. The number of para-hydroxylation sites is 3. The van der Waals surface area contributed by atoms with E-state index >= 15 is 0 Å². The first kappa shape index (κ1) is 18.8. The number of anilines is 2. The van der Waals surface area contributed by atoms with E-state index in [2.05, 4.69) is 20.6 Å². The zero-order chi connectivity index (χ0) is 20.1. The highest BCUT2D eigenvalue weighted by Crippen LogP contribution is 2.20. The zero-order valence-corrected chi connectivity index (χ0v) is 16.2. The van der Waals surface area contributed by atoms with E-state index in [1.165, 1.54) is 11.8 Å². The number of carbonyl (C=O) groups is 2. The van der Waals surface area contributed by atoms with E-state index in [1.54, 1.807) is 24.3 Å². The highest BCUT2D eigenvalue weighted by Gasteiger charge is 2.10. The fraction of sp³-hybridized carbons (Fsp3) is 0.0455. The zero-order valence-electron chi connectivity index (χ0n) is 15.4. The molecule has 1 aromatic heterocycles. The number of aromatic amines is 1. The van der Waals surface area contributed by atoms with Crippen molar-refractivity contribution in [2.75, 3.05) is 16.4 Å². The molecule has 0 fully saturated rings. The van der Waals surface area contributed by atoms with Gasteiger partial charge in [-0.25, -0.2) is 4.98 Å². The molecule has 3 N–H and O–H groups in total. The van der Waals surface area contributed by atoms with Gasteiger partial charge in [0.1, 0.15) is 0 Å². The van der Waals surface area contributed by atoms with Crippen LogP contribution in [0.5, 0.6) is 0 Å². The number of imidazole rings is 1. The number of nitrogens with zero attached hydrogens (tertiary/aromatic N) is 1. The Hall–Kier alpha value is -3.58. The second-order valence-corrected chi connectivity index (χ2v) is 7.26. The third-order valence-electron chi connectivity index (χ3n) is 4.15. The van der Waals surface area contributed by atoms with Gasteiger partial charge < -0.3 is 15.6 Å². The molecule has 2 amide bonds. The molecular weight excluding hydrogens is 384 g/mol. The molecular formula is C22H18N4O2S. The van der Waals surface area contributed by atoms with Crippen molar-refractivity contribution in [3.05, 3.63) is 84.4 Å². The van der Waals surface area contributed by atoms with E-state index in [0.717, 1.165) is 11.0 Å². The van der Waals surface area contributed by atoms with Gasteiger partial charge in [0.25, 0.3) is 5.91 Å². The normalized spacial score (nSPS) is 10.6. The Morgan fingerprint density at radius 1 is 0.862 bits per heavy atom. The second-order valence-electron chi connectivity index (χ2n) is 6.30. The van der Waals surface area contributed by atoms with Crippen LogP contribution < -0.4 is 10.6 Å². The molecule has 144 valence electrons. The summed E-state index contributed by atoms with van der Waals surface area (Å²) in [4.78, 5) is 32.3. The topological polar surface area (TPSA) is 86.9 Å². The molecule has 0 spiro atoms. The summed E-state index contributed by atoms with van der Waals surface area (Å²) >= 11 is 1.33. The average molecular weight is 402 g/mol. The summed E-state index contributed by atoms with van der Waals surface area (Å²) in [6.07, 6.45) is 0. The van der Waals surface area contributed by atoms with E-state index in [-0.39, 0.29) is 17.6 Å². The molecule has 7 heteroatoms. The number of aromatic nitrogens is 2. The Morgan fingerprint density at radius 3 is 2.45 bits per heavy atom. The van der Waals surface area contributed by atoms with Crippen molar-refractivity contribution in [1.82, 2.24) is 9.97 Å². The molecule has 0 saturated heterocycles. The van der Waals surface area contributed by atoms with Crippen LogP contribution >= 0.6 is 11.8 Å². The van der Waals surface area contributed by atoms with E-state index in [0.29, 0.717) is 22.1 Å². The minimum atomic E-state index is -0.232. The van der Waals surface area contributed by atoms with E-state index in [4.69, 9.17) is 0 Å². The van der Waals surface area contributed by atoms with E-state index in [1.807, 2.05) is 54.6 Å². The van der Waals surface area contributed by atoms with Crippen molar-refractivity contribution in [2.45, 2.75) is 5.16 Å². The van der Waals surface area contributed by atoms with E-state index < -0.39 is 0 Å². The monoisotopic (exact) mass is 402 g/mol. The fourth-order valence-corrected chi connectivity index (χ4v) is 3.48. The van der Waals surface area contributed by atoms with Crippen LogP contribution in [0.25, 0.3) is 11.0 Å². The van der Waals surface area contributed by atoms with Gasteiger partial charge in [-0.15, -0.1) is 0 Å². The predicted octanol–water partition coefficient (Wildman–Crippen LogP) is 4.55. The summed E-state index contributed by atoms with van der Waals surface area (Å²) in [6.45, 7) is 0. The molecule has 0 aliphatic heterocycles. The van der Waals surface area contributed by atoms with Crippen LogP contribution in [-0.4, -0.2) is 27.5 Å². The summed E-state index contributed by atoms with van der Waals surface area (Å²) < 4.78 is 0.